The number of hydrogen-bond acceptors (Lipinski definition) is 8. The third-order valence-electron chi connectivity index (χ3n) is 5.54. The normalized spacial score (nSPS) is 14.9. The first-order valence-electron chi connectivity index (χ1n) is 12.0. The van der Waals surface area contributed by atoms with Crippen LogP contribution in [-0.2, 0) is 30.4 Å². The van der Waals surface area contributed by atoms with E-state index >= 15 is 0 Å². The smallest absolute Gasteiger partial charge is 0.326 e. The van der Waals surface area contributed by atoms with Gasteiger partial charge >= 0.3 is 11.9 Å². The highest BCUT2D eigenvalue weighted by atomic mass is 16.4. The van der Waals surface area contributed by atoms with Gasteiger partial charge in [0.05, 0.1) is 12.1 Å². The fourth-order valence-electron chi connectivity index (χ4n) is 3.45. The molecule has 0 aliphatic carbocycles. The number of benzene rings is 1. The molecule has 5 atom stereocenters. The molecule has 0 radical (unpaired) electrons. The highest BCUT2D eigenvalue weighted by Crippen LogP contribution is 2.07. The molecule has 0 aliphatic heterocycles. The summed E-state index contributed by atoms with van der Waals surface area (Å²) < 4.78 is 0. The van der Waals surface area contributed by atoms with Crippen LogP contribution in [0.1, 0.15) is 44.6 Å². The fraction of sp³-hybridized carbons (Fsp3) is 0.542. The van der Waals surface area contributed by atoms with E-state index in [4.69, 9.17) is 16.6 Å². The Balaban J connectivity index is 2.92. The van der Waals surface area contributed by atoms with Crippen molar-refractivity contribution >= 4 is 29.7 Å². The van der Waals surface area contributed by atoms with Crippen molar-refractivity contribution in [2.45, 2.75) is 75.7 Å². The number of aliphatic carboxylic acids is 2. The van der Waals surface area contributed by atoms with E-state index in [0.29, 0.717) is 19.4 Å². The molecule has 1 aromatic rings. The summed E-state index contributed by atoms with van der Waals surface area (Å²) in [5.74, 6) is -5.11. The number of amides is 3. The SMILES string of the molecule is CC(O)C(NC(=O)C(CCCCN)NC(=O)C(N)Cc1ccccc1)C(=O)NC(CCC(=O)O)C(=O)O. The van der Waals surface area contributed by atoms with Crippen LogP contribution in [0.5, 0.6) is 0 Å². The van der Waals surface area contributed by atoms with Crippen LogP contribution < -0.4 is 27.4 Å². The van der Waals surface area contributed by atoms with Gasteiger partial charge in [-0.2, -0.15) is 0 Å². The van der Waals surface area contributed by atoms with E-state index in [-0.39, 0.29) is 12.8 Å². The van der Waals surface area contributed by atoms with E-state index in [0.717, 1.165) is 5.56 Å². The molecule has 37 heavy (non-hydrogen) atoms. The van der Waals surface area contributed by atoms with Crippen molar-refractivity contribution in [2.24, 2.45) is 11.5 Å². The lowest BCUT2D eigenvalue weighted by Gasteiger charge is -2.26. The quantitative estimate of drug-likeness (QED) is 0.110. The van der Waals surface area contributed by atoms with E-state index in [2.05, 4.69) is 16.0 Å². The second-order valence-corrected chi connectivity index (χ2v) is 8.70. The average molecular weight is 524 g/mol. The third kappa shape index (κ3) is 11.8. The maximum atomic E-state index is 13.0. The molecule has 206 valence electrons. The monoisotopic (exact) mass is 523 g/mol. The summed E-state index contributed by atoms with van der Waals surface area (Å²) in [6, 6.07) is 3.90. The van der Waals surface area contributed by atoms with E-state index in [1.54, 1.807) is 12.1 Å². The Kier molecular flexibility index (Phi) is 13.8. The molecule has 0 saturated carbocycles. The lowest BCUT2D eigenvalue weighted by Crippen LogP contribution is -2.60. The summed E-state index contributed by atoms with van der Waals surface area (Å²) in [7, 11) is 0. The van der Waals surface area contributed by atoms with Gasteiger partial charge in [0.25, 0.3) is 0 Å². The van der Waals surface area contributed by atoms with Crippen molar-refractivity contribution in [2.75, 3.05) is 6.54 Å². The number of aliphatic hydroxyl groups is 1. The molecule has 0 heterocycles. The van der Waals surface area contributed by atoms with E-state index in [1.807, 2.05) is 18.2 Å². The van der Waals surface area contributed by atoms with E-state index in [1.165, 1.54) is 6.92 Å². The Bertz CT molecular complexity index is 912. The van der Waals surface area contributed by atoms with E-state index in [9.17, 15) is 34.2 Å². The van der Waals surface area contributed by atoms with E-state index < -0.39 is 72.8 Å². The maximum absolute atomic E-state index is 13.0. The fourth-order valence-corrected chi connectivity index (χ4v) is 3.45. The summed E-state index contributed by atoms with van der Waals surface area (Å²) in [6.45, 7) is 1.58. The van der Waals surface area contributed by atoms with Crippen molar-refractivity contribution in [3.63, 3.8) is 0 Å². The van der Waals surface area contributed by atoms with Gasteiger partial charge in [0.2, 0.25) is 17.7 Å². The second kappa shape index (κ2) is 16.2. The standard InChI is InChI=1S/C24H37N5O8/c1-14(30)20(23(35)28-18(24(36)37)10-11-19(31)32)29-22(34)17(9-5-6-12-25)27-21(33)16(26)13-15-7-3-2-4-8-15/h2-4,7-8,14,16-18,20,30H,5-6,9-13,25-26H2,1H3,(H,27,33)(H,28,35)(H,29,34)(H,31,32)(H,36,37). The minimum atomic E-state index is -1.56. The molecule has 10 N–H and O–H groups in total. The molecule has 1 aromatic carbocycles. The number of carboxylic acids is 2. The number of unbranched alkanes of at least 4 members (excludes halogenated alkanes) is 1. The van der Waals surface area contributed by atoms with Crippen molar-refractivity contribution in [3.8, 4) is 0 Å². The number of carbonyl (C=O) groups excluding carboxylic acids is 3. The predicted octanol–water partition coefficient (Wildman–Crippen LogP) is -1.53. The minimum Gasteiger partial charge on any atom is -0.481 e. The van der Waals surface area contributed by atoms with Crippen LogP contribution >= 0.6 is 0 Å². The largest absolute Gasteiger partial charge is 0.481 e. The van der Waals surface area contributed by atoms with Crippen molar-refractivity contribution < 1.29 is 39.3 Å². The molecule has 0 bridgehead atoms. The summed E-state index contributed by atoms with van der Waals surface area (Å²) in [5, 5.41) is 35.2. The molecule has 0 aromatic heterocycles. The van der Waals surface area contributed by atoms with Crippen LogP contribution in [0.4, 0.5) is 0 Å². The van der Waals surface area contributed by atoms with Crippen LogP contribution in [-0.4, -0.2) is 81.8 Å². The highest BCUT2D eigenvalue weighted by molar-refractivity contribution is 5.94. The zero-order valence-electron chi connectivity index (χ0n) is 20.8. The average Bonchev–Trinajstić information content (AvgIpc) is 2.84. The Morgan fingerprint density at radius 3 is 2.03 bits per heavy atom. The lowest BCUT2D eigenvalue weighted by molar-refractivity contribution is -0.144. The highest BCUT2D eigenvalue weighted by Gasteiger charge is 2.32. The molecular formula is C24H37N5O8. The third-order valence-corrected chi connectivity index (χ3v) is 5.54. The molecule has 5 unspecified atom stereocenters. The number of aliphatic hydroxyl groups excluding tert-OH is 1. The first-order chi connectivity index (χ1) is 17.5. The Hall–Kier alpha value is -3.55. The van der Waals surface area contributed by atoms with Crippen LogP contribution in [0.3, 0.4) is 0 Å². The molecule has 0 fully saturated rings. The van der Waals surface area contributed by atoms with Crippen LogP contribution in [0, 0.1) is 0 Å². The van der Waals surface area contributed by atoms with Crippen molar-refractivity contribution in [1.29, 1.82) is 0 Å². The maximum Gasteiger partial charge on any atom is 0.326 e. The number of nitrogens with one attached hydrogen (secondary N) is 3. The van der Waals surface area contributed by atoms with Gasteiger partial charge in [-0.15, -0.1) is 0 Å². The Morgan fingerprint density at radius 1 is 0.865 bits per heavy atom. The van der Waals surface area contributed by atoms with Gasteiger partial charge < -0.3 is 42.7 Å². The van der Waals surface area contributed by atoms with Crippen molar-refractivity contribution in [1.82, 2.24) is 16.0 Å². The van der Waals surface area contributed by atoms with Gasteiger partial charge in [-0.1, -0.05) is 30.3 Å². The summed E-state index contributed by atoms with van der Waals surface area (Å²) >= 11 is 0. The molecule has 0 spiro atoms. The number of carbonyl (C=O) groups is 5. The summed E-state index contributed by atoms with van der Waals surface area (Å²) in [5.41, 5.74) is 12.4. The van der Waals surface area contributed by atoms with Gasteiger partial charge in [-0.05, 0) is 51.1 Å². The van der Waals surface area contributed by atoms with Gasteiger partial charge in [-0.3, -0.25) is 19.2 Å². The Morgan fingerprint density at radius 2 is 1.49 bits per heavy atom. The number of nitrogens with two attached hydrogens (primary N) is 2. The molecule has 13 heteroatoms. The van der Waals surface area contributed by atoms with Crippen LogP contribution in [0.15, 0.2) is 30.3 Å². The number of carboxylic acid groups (broad SMARTS) is 2. The second-order valence-electron chi connectivity index (χ2n) is 8.70. The molecular weight excluding hydrogens is 486 g/mol. The van der Waals surface area contributed by atoms with Crippen LogP contribution in [0.25, 0.3) is 0 Å². The molecule has 13 nitrogen and oxygen atoms in total. The first kappa shape index (κ1) is 31.5. The number of hydrogen-bond donors (Lipinski definition) is 8. The van der Waals surface area contributed by atoms with Gasteiger partial charge in [-0.25, -0.2) is 4.79 Å². The molecule has 3 amide bonds. The molecule has 0 aliphatic rings. The molecule has 1 rings (SSSR count). The first-order valence-corrected chi connectivity index (χ1v) is 12.0. The lowest BCUT2D eigenvalue weighted by atomic mass is 10.0. The Labute approximate surface area is 215 Å². The van der Waals surface area contributed by atoms with Gasteiger partial charge in [0.1, 0.15) is 18.1 Å². The van der Waals surface area contributed by atoms with Crippen LogP contribution in [0.2, 0.25) is 0 Å². The topological polar surface area (TPSA) is 234 Å². The van der Waals surface area contributed by atoms with Crippen molar-refractivity contribution in [3.05, 3.63) is 35.9 Å². The molecule has 0 saturated heterocycles. The zero-order valence-corrected chi connectivity index (χ0v) is 20.8. The minimum absolute atomic E-state index is 0.178. The van der Waals surface area contributed by atoms with Gasteiger partial charge in [0, 0.05) is 6.42 Å². The van der Waals surface area contributed by atoms with Gasteiger partial charge in [0.15, 0.2) is 0 Å². The summed E-state index contributed by atoms with van der Waals surface area (Å²) in [4.78, 5) is 60.6. The predicted molar refractivity (Wildman–Crippen MR) is 133 cm³/mol. The zero-order chi connectivity index (χ0) is 28.0. The number of rotatable bonds is 17. The summed E-state index contributed by atoms with van der Waals surface area (Å²) in [6.07, 6.45) is -0.884.